The molecule has 0 aliphatic rings. The van der Waals surface area contributed by atoms with Crippen molar-refractivity contribution in [2.45, 2.75) is 0 Å². The van der Waals surface area contributed by atoms with Crippen molar-refractivity contribution in [1.82, 2.24) is 23.7 Å². The van der Waals surface area contributed by atoms with Crippen LogP contribution < -0.4 is 0 Å². The van der Waals surface area contributed by atoms with E-state index in [1.54, 1.807) is 0 Å². The third-order valence-corrected chi connectivity index (χ3v) is 12.8. The molecule has 0 saturated carbocycles. The molecule has 0 saturated heterocycles. The summed E-state index contributed by atoms with van der Waals surface area (Å²) in [4.78, 5) is 11.2. The Morgan fingerprint density at radius 3 is 1.34 bits per heavy atom. The molecule has 0 spiro atoms. The molecule has 65 heavy (non-hydrogen) atoms. The van der Waals surface area contributed by atoms with Gasteiger partial charge in [0.15, 0.2) is 0 Å². The summed E-state index contributed by atoms with van der Waals surface area (Å²) < 4.78 is 7.18. The van der Waals surface area contributed by atoms with Gasteiger partial charge in [0.25, 0.3) is 0 Å². The first-order valence-electron chi connectivity index (χ1n) is 22.1. The van der Waals surface area contributed by atoms with E-state index in [9.17, 15) is 0 Å². The number of para-hydroxylation sites is 4. The van der Waals surface area contributed by atoms with Crippen LogP contribution in [0.15, 0.2) is 237 Å². The zero-order valence-corrected chi connectivity index (χ0v) is 35.3. The fourth-order valence-electron chi connectivity index (χ4n) is 9.88. The van der Waals surface area contributed by atoms with Gasteiger partial charge in [0.2, 0.25) is 5.95 Å². The summed E-state index contributed by atoms with van der Waals surface area (Å²) in [7, 11) is 0. The van der Waals surface area contributed by atoms with Crippen LogP contribution in [0.2, 0.25) is 0 Å². The molecule has 304 valence electrons. The van der Waals surface area contributed by atoms with Crippen molar-refractivity contribution < 1.29 is 0 Å². The Morgan fingerprint density at radius 2 is 0.708 bits per heavy atom. The standard InChI is InChI=1S/C60H39N5/c1-4-18-40(19-5-1)43-22-16-24-46(37-43)52-39-53(47-25-17-23-44(38-47)45-35-34-41-20-10-11-21-42(41)36-45)62-60(61-52)65-55-33-15-13-31-51(55)57-59(65)58-56(64(57)49-28-8-3-9-29-49)50-30-12-14-32-54(50)63(58)48-26-6-2-7-27-48/h1-39H. The summed E-state index contributed by atoms with van der Waals surface area (Å²) in [6.45, 7) is 0. The van der Waals surface area contributed by atoms with Crippen LogP contribution in [0.1, 0.15) is 0 Å². The van der Waals surface area contributed by atoms with E-state index in [0.29, 0.717) is 5.95 Å². The topological polar surface area (TPSA) is 40.6 Å². The Balaban J connectivity index is 1.14. The number of nitrogens with zero attached hydrogens (tertiary/aromatic N) is 5. The maximum Gasteiger partial charge on any atom is 0.235 e. The summed E-state index contributed by atoms with van der Waals surface area (Å²) in [5.41, 5.74) is 17.0. The van der Waals surface area contributed by atoms with Gasteiger partial charge in [0.05, 0.1) is 39.0 Å². The highest BCUT2D eigenvalue weighted by Crippen LogP contribution is 2.45. The van der Waals surface area contributed by atoms with Gasteiger partial charge in [0.1, 0.15) is 5.52 Å². The van der Waals surface area contributed by atoms with Crippen molar-refractivity contribution in [3.8, 4) is 62.1 Å². The number of hydrogen-bond acceptors (Lipinski definition) is 2. The van der Waals surface area contributed by atoms with E-state index >= 15 is 0 Å². The van der Waals surface area contributed by atoms with Crippen molar-refractivity contribution >= 4 is 54.6 Å². The molecule has 9 aromatic carbocycles. The Bertz CT molecular complexity index is 3930. The summed E-state index contributed by atoms with van der Waals surface area (Å²) in [6, 6.07) is 84.3. The van der Waals surface area contributed by atoms with E-state index in [4.69, 9.17) is 9.97 Å². The third-order valence-electron chi connectivity index (χ3n) is 12.8. The molecule has 0 atom stereocenters. The van der Waals surface area contributed by atoms with E-state index in [-0.39, 0.29) is 0 Å². The number of benzene rings is 9. The lowest BCUT2D eigenvalue weighted by atomic mass is 9.98. The van der Waals surface area contributed by atoms with Crippen molar-refractivity contribution in [3.05, 3.63) is 237 Å². The quantitative estimate of drug-likeness (QED) is 0.161. The summed E-state index contributed by atoms with van der Waals surface area (Å²) in [5, 5.41) is 4.72. The third kappa shape index (κ3) is 6.01. The molecule has 5 nitrogen and oxygen atoms in total. The first-order chi connectivity index (χ1) is 32.2. The maximum absolute atomic E-state index is 5.62. The predicted octanol–water partition coefficient (Wildman–Crippen LogP) is 15.3. The zero-order chi connectivity index (χ0) is 42.8. The van der Waals surface area contributed by atoms with Crippen LogP contribution in [0, 0.1) is 0 Å². The number of hydrogen-bond donors (Lipinski definition) is 0. The smallest absolute Gasteiger partial charge is 0.235 e. The largest absolute Gasteiger partial charge is 0.306 e. The molecule has 0 bridgehead atoms. The van der Waals surface area contributed by atoms with Crippen LogP contribution >= 0.6 is 0 Å². The molecule has 0 aliphatic heterocycles. The molecular weight excluding hydrogens is 791 g/mol. The molecule has 0 unspecified atom stereocenters. The highest BCUT2D eigenvalue weighted by molar-refractivity contribution is 6.25. The minimum atomic E-state index is 0.599. The first-order valence-corrected chi connectivity index (χ1v) is 22.1. The highest BCUT2D eigenvalue weighted by Gasteiger charge is 2.29. The monoisotopic (exact) mass is 829 g/mol. The molecule has 0 fully saturated rings. The zero-order valence-electron chi connectivity index (χ0n) is 35.3. The lowest BCUT2D eigenvalue weighted by Gasteiger charge is -2.14. The van der Waals surface area contributed by atoms with Crippen LogP contribution in [-0.4, -0.2) is 23.7 Å². The van der Waals surface area contributed by atoms with Gasteiger partial charge in [0, 0.05) is 33.3 Å². The Labute approximate surface area is 375 Å². The molecule has 5 heteroatoms. The molecule has 0 amide bonds. The fraction of sp³-hybridized carbons (Fsp3) is 0. The predicted molar refractivity (Wildman–Crippen MR) is 269 cm³/mol. The minimum Gasteiger partial charge on any atom is -0.306 e. The van der Waals surface area contributed by atoms with Crippen LogP contribution in [0.4, 0.5) is 0 Å². The molecule has 0 N–H and O–H groups in total. The average Bonchev–Trinajstić information content (AvgIpc) is 4.02. The normalized spacial score (nSPS) is 11.7. The van der Waals surface area contributed by atoms with E-state index in [1.807, 2.05) is 0 Å². The van der Waals surface area contributed by atoms with E-state index in [1.165, 1.54) is 16.2 Å². The second kappa shape index (κ2) is 14.9. The van der Waals surface area contributed by atoms with Gasteiger partial charge in [-0.25, -0.2) is 9.97 Å². The maximum atomic E-state index is 5.62. The molecule has 13 aromatic rings. The van der Waals surface area contributed by atoms with Gasteiger partial charge < -0.3 is 9.13 Å². The van der Waals surface area contributed by atoms with E-state index in [2.05, 4.69) is 250 Å². The van der Waals surface area contributed by atoms with Crippen LogP contribution in [0.3, 0.4) is 0 Å². The van der Waals surface area contributed by atoms with Gasteiger partial charge in [-0.3, -0.25) is 4.57 Å². The molecule has 0 aliphatic carbocycles. The van der Waals surface area contributed by atoms with Crippen molar-refractivity contribution in [1.29, 1.82) is 0 Å². The van der Waals surface area contributed by atoms with Gasteiger partial charge in [-0.05, 0) is 93.7 Å². The van der Waals surface area contributed by atoms with E-state index in [0.717, 1.165) is 94.6 Å². The Hall–Kier alpha value is -8.80. The lowest BCUT2D eigenvalue weighted by molar-refractivity contribution is 0.995. The number of fused-ring (bicyclic) bond motifs is 8. The lowest BCUT2D eigenvalue weighted by Crippen LogP contribution is -2.05. The number of rotatable bonds is 7. The minimum absolute atomic E-state index is 0.599. The van der Waals surface area contributed by atoms with Crippen molar-refractivity contribution in [3.63, 3.8) is 0 Å². The summed E-state index contributed by atoms with van der Waals surface area (Å²) in [5.74, 6) is 0.599. The second-order valence-electron chi connectivity index (χ2n) is 16.6. The molecule has 0 radical (unpaired) electrons. The van der Waals surface area contributed by atoms with Gasteiger partial charge in [-0.1, -0.05) is 176 Å². The molecule has 4 heterocycles. The Kier molecular flexibility index (Phi) is 8.46. The van der Waals surface area contributed by atoms with Gasteiger partial charge >= 0.3 is 0 Å². The van der Waals surface area contributed by atoms with Gasteiger partial charge in [-0.2, -0.15) is 0 Å². The van der Waals surface area contributed by atoms with Crippen LogP contribution in [0.25, 0.3) is 117 Å². The van der Waals surface area contributed by atoms with Gasteiger partial charge in [-0.15, -0.1) is 0 Å². The second-order valence-corrected chi connectivity index (χ2v) is 16.6. The Morgan fingerprint density at radius 1 is 0.262 bits per heavy atom. The SMILES string of the molecule is c1ccc(-c2cccc(-c3cc(-c4cccc(-c5ccc6ccccc6c5)c4)nc(-n4c5ccccc5c5c4c4c(c6ccccc6n4-c4ccccc4)n5-c4ccccc4)n3)c2)cc1. The van der Waals surface area contributed by atoms with Crippen LogP contribution in [0.5, 0.6) is 0 Å². The van der Waals surface area contributed by atoms with Crippen LogP contribution in [-0.2, 0) is 0 Å². The highest BCUT2D eigenvalue weighted by atomic mass is 15.2. The van der Waals surface area contributed by atoms with Crippen molar-refractivity contribution in [2.24, 2.45) is 0 Å². The fourth-order valence-corrected chi connectivity index (χ4v) is 9.88. The van der Waals surface area contributed by atoms with E-state index < -0.39 is 0 Å². The molecule has 4 aromatic heterocycles. The number of aromatic nitrogens is 5. The summed E-state index contributed by atoms with van der Waals surface area (Å²) >= 11 is 0. The molecular formula is C60H39N5. The molecule has 13 rings (SSSR count). The first kappa shape index (κ1) is 36.8. The summed E-state index contributed by atoms with van der Waals surface area (Å²) in [6.07, 6.45) is 0. The average molecular weight is 830 g/mol. The van der Waals surface area contributed by atoms with Crippen molar-refractivity contribution in [2.75, 3.05) is 0 Å².